The van der Waals surface area contributed by atoms with Gasteiger partial charge < -0.3 is 0 Å². The van der Waals surface area contributed by atoms with Crippen LogP contribution >= 0.6 is 0 Å². The van der Waals surface area contributed by atoms with E-state index in [1.807, 2.05) is 0 Å². The number of hydrogen-bond acceptors (Lipinski definition) is 3. The molecule has 0 amide bonds. The first kappa shape index (κ1) is 10.7. The second-order valence-corrected chi connectivity index (χ2v) is 3.19. The molecule has 0 N–H and O–H groups in total. The fourth-order valence-corrected chi connectivity index (χ4v) is 1.41. The third-order valence-electron chi connectivity index (χ3n) is 2.12. The summed E-state index contributed by atoms with van der Waals surface area (Å²) in [4.78, 5) is 7.29. The lowest BCUT2D eigenvalue weighted by Gasteiger charge is -2.30. The molecule has 2 rings (SSSR count). The van der Waals surface area contributed by atoms with Gasteiger partial charge in [-0.25, -0.2) is 14.9 Å². The minimum atomic E-state index is -4.48. The summed E-state index contributed by atoms with van der Waals surface area (Å²) in [7, 11) is 0. The smallest absolute Gasteiger partial charge is 0.247 e. The monoisotopic (exact) mass is 227 g/mol. The Kier molecular flexibility index (Phi) is 2.64. The normalized spacial score (nSPS) is 20.2. The fourth-order valence-electron chi connectivity index (χ4n) is 1.41. The molecule has 0 aromatic heterocycles. The quantitative estimate of drug-likeness (QED) is 0.677. The number of nitrogens with zero attached hydrogens (tertiary/aromatic N) is 3. The van der Waals surface area contributed by atoms with E-state index in [0.29, 0.717) is 5.56 Å². The first-order chi connectivity index (χ1) is 7.59. The Bertz CT molecular complexity index is 411. The summed E-state index contributed by atoms with van der Waals surface area (Å²) in [5.41, 5.74) is 0.474. The first-order valence-corrected chi connectivity index (χ1v) is 4.54. The molecule has 16 heavy (non-hydrogen) atoms. The van der Waals surface area contributed by atoms with Crippen molar-refractivity contribution in [2.45, 2.75) is 12.5 Å². The van der Waals surface area contributed by atoms with E-state index in [1.54, 1.807) is 30.3 Å². The van der Waals surface area contributed by atoms with Crippen LogP contribution in [0.1, 0.15) is 11.7 Å². The summed E-state index contributed by atoms with van der Waals surface area (Å²) in [6.07, 6.45) is -3.70. The molecule has 1 unspecified atom stereocenters. The minimum Gasteiger partial charge on any atom is -0.247 e. The van der Waals surface area contributed by atoms with Crippen molar-refractivity contribution in [1.82, 2.24) is 4.90 Å². The average molecular weight is 227 g/mol. The van der Waals surface area contributed by atoms with E-state index in [1.165, 1.54) is 0 Å². The summed E-state index contributed by atoms with van der Waals surface area (Å²) < 4.78 is 37.9. The molecule has 1 aromatic rings. The van der Waals surface area contributed by atoms with E-state index in [9.17, 15) is 13.2 Å². The van der Waals surface area contributed by atoms with Gasteiger partial charge in [0.15, 0.2) is 6.17 Å². The Labute approximate surface area is 89.9 Å². The highest BCUT2D eigenvalue weighted by molar-refractivity contribution is 5.74. The van der Waals surface area contributed by atoms with E-state index in [4.69, 9.17) is 0 Å². The molecule has 1 aliphatic rings. The van der Waals surface area contributed by atoms with Crippen molar-refractivity contribution in [2.75, 3.05) is 0 Å². The zero-order valence-corrected chi connectivity index (χ0v) is 8.09. The molecule has 1 aromatic carbocycles. The third kappa shape index (κ3) is 2.05. The van der Waals surface area contributed by atoms with Gasteiger partial charge in [0.2, 0.25) is 0 Å². The maximum atomic E-state index is 12.6. The lowest BCUT2D eigenvalue weighted by Crippen LogP contribution is -2.40. The molecular weight excluding hydrogens is 219 g/mol. The third-order valence-corrected chi connectivity index (χ3v) is 2.12. The van der Waals surface area contributed by atoms with Gasteiger partial charge in [-0.05, 0) is 5.56 Å². The standard InChI is InChI=1S/C10H8F3N3/c11-10(12,13)16-7-14-6-15-9(16)8-4-2-1-3-5-8/h1-7,9H. The molecule has 0 radical (unpaired) electrons. The highest BCUT2D eigenvalue weighted by atomic mass is 19.4. The molecule has 0 saturated carbocycles. The largest absolute Gasteiger partial charge is 0.487 e. The lowest BCUT2D eigenvalue weighted by atomic mass is 10.1. The van der Waals surface area contributed by atoms with Crippen LogP contribution in [0.15, 0.2) is 40.3 Å². The van der Waals surface area contributed by atoms with Crippen LogP contribution < -0.4 is 0 Å². The number of alkyl halides is 3. The van der Waals surface area contributed by atoms with E-state index in [2.05, 4.69) is 9.98 Å². The summed E-state index contributed by atoms with van der Waals surface area (Å²) in [5.74, 6) is 0. The zero-order valence-electron chi connectivity index (χ0n) is 8.09. The number of benzene rings is 1. The SMILES string of the molecule is FC(F)(F)N1C=NC=NC1c1ccccc1. The highest BCUT2D eigenvalue weighted by Crippen LogP contribution is 2.32. The van der Waals surface area contributed by atoms with Crippen LogP contribution in [0.25, 0.3) is 0 Å². The van der Waals surface area contributed by atoms with Gasteiger partial charge in [-0.1, -0.05) is 30.3 Å². The Morgan fingerprint density at radius 2 is 1.81 bits per heavy atom. The maximum Gasteiger partial charge on any atom is 0.487 e. The van der Waals surface area contributed by atoms with Crippen molar-refractivity contribution < 1.29 is 13.2 Å². The number of hydrogen-bond donors (Lipinski definition) is 0. The van der Waals surface area contributed by atoms with E-state index in [0.717, 1.165) is 12.7 Å². The summed E-state index contributed by atoms with van der Waals surface area (Å²) >= 11 is 0. The highest BCUT2D eigenvalue weighted by Gasteiger charge is 2.41. The van der Waals surface area contributed by atoms with Crippen LogP contribution in [0.5, 0.6) is 0 Å². The van der Waals surface area contributed by atoms with Gasteiger partial charge in [0, 0.05) is 0 Å². The van der Waals surface area contributed by atoms with Gasteiger partial charge in [-0.3, -0.25) is 0 Å². The first-order valence-electron chi connectivity index (χ1n) is 4.54. The van der Waals surface area contributed by atoms with Crippen molar-refractivity contribution in [3.63, 3.8) is 0 Å². The van der Waals surface area contributed by atoms with Gasteiger partial charge in [0.05, 0.1) is 0 Å². The summed E-state index contributed by atoms with van der Waals surface area (Å²) in [5, 5.41) is 0. The number of halogens is 3. The van der Waals surface area contributed by atoms with Gasteiger partial charge in [-0.15, -0.1) is 13.2 Å². The predicted molar refractivity (Wildman–Crippen MR) is 54.1 cm³/mol. The van der Waals surface area contributed by atoms with Crippen molar-refractivity contribution in [1.29, 1.82) is 0 Å². The number of aliphatic imine (C=N–C) groups is 2. The molecule has 0 fully saturated rings. The van der Waals surface area contributed by atoms with Gasteiger partial charge in [0.1, 0.15) is 12.7 Å². The fraction of sp³-hybridized carbons (Fsp3) is 0.200. The van der Waals surface area contributed by atoms with E-state index < -0.39 is 12.5 Å². The molecule has 3 nitrogen and oxygen atoms in total. The Morgan fingerprint density at radius 1 is 1.12 bits per heavy atom. The molecule has 84 valence electrons. The zero-order chi connectivity index (χ0) is 11.6. The molecule has 6 heteroatoms. The van der Waals surface area contributed by atoms with E-state index in [-0.39, 0.29) is 4.90 Å². The molecule has 1 heterocycles. The Hall–Kier alpha value is -1.85. The molecule has 0 bridgehead atoms. The average Bonchev–Trinajstić information content (AvgIpc) is 2.29. The van der Waals surface area contributed by atoms with Crippen LogP contribution in [0.2, 0.25) is 0 Å². The molecule has 0 aliphatic carbocycles. The van der Waals surface area contributed by atoms with Crippen LogP contribution in [0.3, 0.4) is 0 Å². The molecule has 1 atom stereocenters. The molecular formula is C10H8F3N3. The van der Waals surface area contributed by atoms with Crippen molar-refractivity contribution in [3.05, 3.63) is 35.9 Å². The lowest BCUT2D eigenvalue weighted by molar-refractivity contribution is -0.227. The molecule has 0 spiro atoms. The second-order valence-electron chi connectivity index (χ2n) is 3.19. The Balaban J connectivity index is 2.33. The van der Waals surface area contributed by atoms with Crippen LogP contribution in [-0.2, 0) is 0 Å². The minimum absolute atomic E-state index is 0.169. The van der Waals surface area contributed by atoms with Gasteiger partial charge in [-0.2, -0.15) is 0 Å². The molecule has 0 saturated heterocycles. The maximum absolute atomic E-state index is 12.6. The summed E-state index contributed by atoms with van der Waals surface area (Å²) in [6.45, 7) is 0. The second kappa shape index (κ2) is 3.96. The Morgan fingerprint density at radius 3 is 2.44 bits per heavy atom. The van der Waals surface area contributed by atoms with Crippen LogP contribution in [0, 0.1) is 0 Å². The van der Waals surface area contributed by atoms with Crippen molar-refractivity contribution >= 4 is 12.7 Å². The van der Waals surface area contributed by atoms with Gasteiger partial charge >= 0.3 is 6.30 Å². The van der Waals surface area contributed by atoms with Gasteiger partial charge in [0.25, 0.3) is 0 Å². The molecule has 1 aliphatic heterocycles. The van der Waals surface area contributed by atoms with Crippen LogP contribution in [0.4, 0.5) is 13.2 Å². The number of rotatable bonds is 1. The van der Waals surface area contributed by atoms with Crippen molar-refractivity contribution in [2.24, 2.45) is 9.98 Å². The topological polar surface area (TPSA) is 28.0 Å². The van der Waals surface area contributed by atoms with E-state index >= 15 is 0 Å². The predicted octanol–water partition coefficient (Wildman–Crippen LogP) is 2.58. The van der Waals surface area contributed by atoms with Crippen molar-refractivity contribution in [3.8, 4) is 0 Å². The summed E-state index contributed by atoms with van der Waals surface area (Å²) in [6, 6.07) is 8.28. The van der Waals surface area contributed by atoms with Crippen LogP contribution in [-0.4, -0.2) is 23.9 Å².